The first-order chi connectivity index (χ1) is 22.2. The van der Waals surface area contributed by atoms with Crippen LogP contribution < -0.4 is 10.1 Å². The minimum absolute atomic E-state index is 0.0689. The number of nitrogens with one attached hydrogen (secondary N) is 1. The summed E-state index contributed by atoms with van der Waals surface area (Å²) in [7, 11) is -16.5. The Kier molecular flexibility index (Phi) is 9.74. The van der Waals surface area contributed by atoms with Crippen molar-refractivity contribution >= 4 is 79.4 Å². The number of rotatable bonds is 11. The van der Waals surface area contributed by atoms with Crippen molar-refractivity contribution in [1.29, 1.82) is 0 Å². The molecule has 0 bridgehead atoms. The molecular weight excluding hydrogens is 719 g/mol. The third-order valence-electron chi connectivity index (χ3n) is 6.47. The summed E-state index contributed by atoms with van der Waals surface area (Å²) in [6, 6.07) is 8.98. The molecule has 48 heavy (non-hydrogen) atoms. The monoisotopic (exact) mass is 741 g/mol. The predicted octanol–water partition coefficient (Wildman–Crippen LogP) is 5.08. The van der Waals surface area contributed by atoms with Crippen LogP contribution in [0.2, 0.25) is 0 Å². The highest BCUT2D eigenvalue weighted by atomic mass is 32.2. The number of sulfone groups is 1. The van der Waals surface area contributed by atoms with E-state index in [2.05, 4.69) is 32.4 Å². The van der Waals surface area contributed by atoms with E-state index in [1.807, 2.05) is 0 Å². The highest BCUT2D eigenvalue weighted by Crippen LogP contribution is 2.47. The van der Waals surface area contributed by atoms with E-state index in [4.69, 9.17) is 4.74 Å². The lowest BCUT2D eigenvalue weighted by molar-refractivity contribution is 0.415. The van der Waals surface area contributed by atoms with Gasteiger partial charge in [0.05, 0.1) is 22.6 Å². The van der Waals surface area contributed by atoms with Gasteiger partial charge < -0.3 is 15.2 Å². The lowest BCUT2D eigenvalue weighted by Crippen LogP contribution is -2.02. The van der Waals surface area contributed by atoms with Crippen LogP contribution in [0.15, 0.2) is 107 Å². The molecule has 0 spiro atoms. The van der Waals surface area contributed by atoms with E-state index >= 15 is 0 Å². The van der Waals surface area contributed by atoms with Crippen molar-refractivity contribution in [3.63, 3.8) is 0 Å². The molecule has 22 heteroatoms. The zero-order valence-corrected chi connectivity index (χ0v) is 27.6. The highest BCUT2D eigenvalue weighted by Gasteiger charge is 2.25. The summed E-state index contributed by atoms with van der Waals surface area (Å²) in [5.74, 6) is -0.939. The fourth-order valence-corrected chi connectivity index (χ4v) is 6.79. The number of phenols is 1. The molecule has 0 aromatic heterocycles. The number of methoxy groups -OCH3 is 1. The van der Waals surface area contributed by atoms with Gasteiger partial charge in [0.2, 0.25) is 0 Å². The first-order valence-electron chi connectivity index (χ1n) is 12.7. The summed E-state index contributed by atoms with van der Waals surface area (Å²) in [6.45, 7) is 3.15. The Morgan fingerprint density at radius 1 is 0.688 bits per heavy atom. The van der Waals surface area contributed by atoms with Crippen LogP contribution in [0.4, 0.5) is 28.4 Å². The number of hydrogen-bond acceptors (Lipinski definition) is 15. The van der Waals surface area contributed by atoms with Crippen LogP contribution in [0, 0.1) is 0 Å². The average molecular weight is 742 g/mol. The van der Waals surface area contributed by atoms with Crippen molar-refractivity contribution in [2.45, 2.75) is 19.6 Å². The molecule has 4 rings (SSSR count). The number of azo groups is 2. The second-order valence-corrected chi connectivity index (χ2v) is 15.5. The molecule has 0 aliphatic carbocycles. The predicted molar refractivity (Wildman–Crippen MR) is 170 cm³/mol. The molecule has 0 amide bonds. The Balaban J connectivity index is 1.98. The van der Waals surface area contributed by atoms with E-state index in [0.29, 0.717) is 11.5 Å². The Morgan fingerprint density at radius 2 is 1.29 bits per heavy atom. The molecule has 0 aliphatic heterocycles. The lowest BCUT2D eigenvalue weighted by Gasteiger charge is -2.13. The van der Waals surface area contributed by atoms with Gasteiger partial charge in [0.15, 0.2) is 15.6 Å². The molecule has 0 radical (unpaired) electrons. The smallest absolute Gasteiger partial charge is 0.296 e. The van der Waals surface area contributed by atoms with Crippen LogP contribution in [0.3, 0.4) is 0 Å². The van der Waals surface area contributed by atoms with Gasteiger partial charge in [-0.1, -0.05) is 6.58 Å². The third kappa shape index (κ3) is 7.33. The fraction of sp³-hybridized carbons (Fsp3) is 0.0769. The number of aromatic hydroxyl groups is 1. The Hall–Kier alpha value is -4.84. The Morgan fingerprint density at radius 3 is 1.85 bits per heavy atom. The molecule has 254 valence electrons. The van der Waals surface area contributed by atoms with Gasteiger partial charge in [0.25, 0.3) is 30.4 Å². The summed E-state index contributed by atoms with van der Waals surface area (Å²) >= 11 is 0. The van der Waals surface area contributed by atoms with E-state index in [1.165, 1.54) is 26.3 Å². The molecule has 18 nitrogen and oxygen atoms in total. The number of anilines is 1. The fourth-order valence-electron chi connectivity index (χ4n) is 4.18. The second-order valence-electron chi connectivity index (χ2n) is 9.38. The summed E-state index contributed by atoms with van der Waals surface area (Å²) in [4.78, 5) is -3.10. The molecule has 0 saturated carbocycles. The normalized spacial score (nSPS) is 12.9. The Bertz CT molecular complexity index is 2500. The first-order valence-corrected chi connectivity index (χ1v) is 18.6. The quantitative estimate of drug-likeness (QED) is 0.0989. The number of hydrogen-bond donors (Lipinski definition) is 5. The van der Waals surface area contributed by atoms with Gasteiger partial charge in [-0.25, -0.2) is 8.42 Å². The topological polar surface area (TPSA) is 288 Å². The van der Waals surface area contributed by atoms with Crippen molar-refractivity contribution < 1.29 is 57.2 Å². The van der Waals surface area contributed by atoms with E-state index < -0.39 is 76.9 Å². The van der Waals surface area contributed by atoms with Crippen LogP contribution in [0.1, 0.15) is 0 Å². The van der Waals surface area contributed by atoms with Crippen LogP contribution in [-0.4, -0.2) is 66.6 Å². The van der Waals surface area contributed by atoms with Crippen molar-refractivity contribution in [3.8, 4) is 11.5 Å². The van der Waals surface area contributed by atoms with Gasteiger partial charge in [-0.15, -0.1) is 20.5 Å². The largest absolute Gasteiger partial charge is 0.505 e. The number of nitrogens with zero attached hydrogens (tertiary/aromatic N) is 4. The maximum Gasteiger partial charge on any atom is 0.296 e. The maximum atomic E-state index is 12.5. The average Bonchev–Trinajstić information content (AvgIpc) is 3.01. The summed E-state index contributed by atoms with van der Waals surface area (Å²) in [6.07, 6.45) is 0. The summed E-state index contributed by atoms with van der Waals surface area (Å²) in [5, 5.41) is 29.4. The van der Waals surface area contributed by atoms with E-state index in [0.717, 1.165) is 36.4 Å². The van der Waals surface area contributed by atoms with E-state index in [9.17, 15) is 52.4 Å². The van der Waals surface area contributed by atoms with Gasteiger partial charge in [-0.05, 0) is 54.6 Å². The molecule has 0 saturated heterocycles. The summed E-state index contributed by atoms with van der Waals surface area (Å²) in [5.41, 5.74) is -1.77. The van der Waals surface area contributed by atoms with Crippen LogP contribution >= 0.6 is 0 Å². The maximum absolute atomic E-state index is 12.5. The van der Waals surface area contributed by atoms with Crippen LogP contribution in [-0.2, 0) is 40.2 Å². The standard InChI is InChI=1S/C26H23N5O13S4/c1-4-45(33,34)14-5-8-18(22(12-14)47(38,39)40)28-30-24-17-13-23(48(41,42)43)25(26(32)16(17)7-9-19(24)27-2)31-29-20-11-15(46(35,36)37)6-10-21(20)44-3/h4-13,27,32H,1H2,2-3H3,(H,35,36,37)(H,38,39,40)(H,41,42,43)/b30-28+,31-29+. The lowest BCUT2D eigenvalue weighted by atomic mass is 10.1. The van der Waals surface area contributed by atoms with Crippen LogP contribution in [0.5, 0.6) is 11.5 Å². The minimum atomic E-state index is -5.20. The van der Waals surface area contributed by atoms with Crippen molar-refractivity contribution in [2.24, 2.45) is 20.5 Å². The third-order valence-corrected chi connectivity index (χ3v) is 10.4. The molecule has 0 heterocycles. The number of ether oxygens (including phenoxy) is 1. The summed E-state index contributed by atoms with van der Waals surface area (Å²) < 4.78 is 131. The van der Waals surface area contributed by atoms with E-state index in [-0.39, 0.29) is 33.6 Å². The molecule has 5 N–H and O–H groups in total. The molecule has 0 unspecified atom stereocenters. The molecule has 0 atom stereocenters. The van der Waals surface area contributed by atoms with Gasteiger partial charge in [0.1, 0.15) is 38.3 Å². The number of phenolic OH excluding ortho intramolecular Hbond substituents is 1. The van der Waals surface area contributed by atoms with Crippen molar-refractivity contribution in [3.05, 3.63) is 66.6 Å². The highest BCUT2D eigenvalue weighted by molar-refractivity contribution is 7.94. The number of benzene rings is 4. The van der Waals surface area contributed by atoms with Crippen LogP contribution in [0.25, 0.3) is 10.8 Å². The van der Waals surface area contributed by atoms with Gasteiger partial charge in [0, 0.05) is 23.2 Å². The minimum Gasteiger partial charge on any atom is -0.505 e. The SMILES string of the molecule is C=CS(=O)(=O)c1ccc(/N=N/c2c(NC)ccc3c(O)c(/N=N/c4cc(S(=O)(=O)O)ccc4OC)c(S(=O)(=O)O)cc23)c(S(=O)(=O)O)c1. The zero-order chi connectivity index (χ0) is 35.8. The Labute approximate surface area is 273 Å². The van der Waals surface area contributed by atoms with Crippen molar-refractivity contribution in [1.82, 2.24) is 0 Å². The molecule has 0 fully saturated rings. The van der Waals surface area contributed by atoms with Crippen molar-refractivity contribution in [2.75, 3.05) is 19.5 Å². The van der Waals surface area contributed by atoms with Gasteiger partial charge in [-0.2, -0.15) is 25.3 Å². The first kappa shape index (κ1) is 36.0. The van der Waals surface area contributed by atoms with Gasteiger partial charge >= 0.3 is 0 Å². The molecular formula is C26H23N5O13S4. The van der Waals surface area contributed by atoms with E-state index in [1.54, 1.807) is 0 Å². The molecule has 4 aromatic carbocycles. The molecule has 4 aromatic rings. The van der Waals surface area contributed by atoms with Gasteiger partial charge in [-0.3, -0.25) is 13.7 Å². The molecule has 0 aliphatic rings. The zero-order valence-electron chi connectivity index (χ0n) is 24.4. The number of fused-ring (bicyclic) bond motifs is 1. The second kappa shape index (κ2) is 13.0.